The highest BCUT2D eigenvalue weighted by Gasteiger charge is 2.62. The fraction of sp³-hybridized carbons (Fsp3) is 0.455. The summed E-state index contributed by atoms with van der Waals surface area (Å²) in [6, 6.07) is 7.24. The van der Waals surface area contributed by atoms with E-state index in [2.05, 4.69) is 12.2 Å². The van der Waals surface area contributed by atoms with Gasteiger partial charge in [0.15, 0.2) is 0 Å². The van der Waals surface area contributed by atoms with Crippen molar-refractivity contribution in [3.63, 3.8) is 0 Å². The fourth-order valence-electron chi connectivity index (χ4n) is 5.51. The van der Waals surface area contributed by atoms with Gasteiger partial charge in [0.25, 0.3) is 0 Å². The quantitative estimate of drug-likeness (QED) is 0.601. The molecular formula is C22H23NO3. The average molecular weight is 349 g/mol. The minimum atomic E-state index is -0.215. The number of nitrogens with zero attached hydrogens (tertiary/aromatic N) is 1. The molecule has 3 aliphatic carbocycles. The Bertz CT molecular complexity index is 811. The zero-order valence-corrected chi connectivity index (χ0v) is 15.0. The van der Waals surface area contributed by atoms with Gasteiger partial charge >= 0.3 is 0 Å². The van der Waals surface area contributed by atoms with Gasteiger partial charge in [-0.15, -0.1) is 0 Å². The van der Waals surface area contributed by atoms with Crippen molar-refractivity contribution in [1.82, 2.24) is 0 Å². The van der Waals surface area contributed by atoms with Gasteiger partial charge in [0.2, 0.25) is 11.8 Å². The fourth-order valence-corrected chi connectivity index (χ4v) is 5.51. The molecule has 1 aromatic carbocycles. The van der Waals surface area contributed by atoms with E-state index in [1.807, 2.05) is 18.2 Å². The van der Waals surface area contributed by atoms with Gasteiger partial charge < -0.3 is 4.74 Å². The molecule has 1 heterocycles. The maximum atomic E-state index is 13.2. The molecular weight excluding hydrogens is 326 g/mol. The van der Waals surface area contributed by atoms with E-state index >= 15 is 0 Å². The molecule has 0 aromatic heterocycles. The lowest BCUT2D eigenvalue weighted by Crippen LogP contribution is -2.33. The molecule has 0 radical (unpaired) electrons. The van der Waals surface area contributed by atoms with E-state index in [4.69, 9.17) is 4.74 Å². The molecule has 4 nitrogen and oxygen atoms in total. The second-order valence-electron chi connectivity index (χ2n) is 7.82. The van der Waals surface area contributed by atoms with Gasteiger partial charge in [0.1, 0.15) is 5.75 Å². The van der Waals surface area contributed by atoms with Gasteiger partial charge in [-0.2, -0.15) is 0 Å². The second-order valence-corrected chi connectivity index (χ2v) is 7.82. The van der Waals surface area contributed by atoms with E-state index in [0.29, 0.717) is 11.4 Å². The topological polar surface area (TPSA) is 46.6 Å². The molecule has 5 rings (SSSR count). The number of amides is 2. The van der Waals surface area contributed by atoms with Gasteiger partial charge in [0, 0.05) is 17.9 Å². The first kappa shape index (κ1) is 15.9. The number of allylic oxidation sites excluding steroid dienone is 4. The molecule has 0 unspecified atom stereocenters. The summed E-state index contributed by atoms with van der Waals surface area (Å²) in [7, 11) is 1.59. The lowest BCUT2D eigenvalue weighted by Gasteiger charge is -2.23. The smallest absolute Gasteiger partial charge is 0.238 e. The Hall–Kier alpha value is -2.36. The summed E-state index contributed by atoms with van der Waals surface area (Å²) in [5.41, 5.74) is 3.56. The SMILES string of the molecule is COc1cccc(N2C(=O)[C@@H]3[C@@H](C2=O)[C@@H]2C=C[C@@H]3C2=C2CCCCC2)c1. The summed E-state index contributed by atoms with van der Waals surface area (Å²) in [6.45, 7) is 0. The standard InChI is InChI=1S/C22H23NO3/c1-26-15-9-5-8-14(12-15)23-21(24)19-16-10-11-17(20(19)22(23)25)18(16)13-6-3-2-4-7-13/h5,8-12,16-17,19-20H,2-4,6-7H2,1H3/t16-,17-,19+,20+/m1/s1. The van der Waals surface area contributed by atoms with E-state index in [1.54, 1.807) is 13.2 Å². The van der Waals surface area contributed by atoms with Gasteiger partial charge in [0.05, 0.1) is 24.6 Å². The van der Waals surface area contributed by atoms with Crippen LogP contribution < -0.4 is 9.64 Å². The van der Waals surface area contributed by atoms with Crippen LogP contribution in [0.15, 0.2) is 47.6 Å². The summed E-state index contributed by atoms with van der Waals surface area (Å²) in [6.07, 6.45) is 10.4. The van der Waals surface area contributed by atoms with Crippen LogP contribution in [0.4, 0.5) is 5.69 Å². The predicted octanol–water partition coefficient (Wildman–Crippen LogP) is 3.88. The Morgan fingerprint density at radius 3 is 2.23 bits per heavy atom. The van der Waals surface area contributed by atoms with Crippen molar-refractivity contribution < 1.29 is 14.3 Å². The number of carbonyl (C=O) groups excluding carboxylic acids is 2. The zero-order valence-electron chi connectivity index (χ0n) is 15.0. The van der Waals surface area contributed by atoms with Crippen LogP contribution in [-0.2, 0) is 9.59 Å². The number of fused-ring (bicyclic) bond motifs is 5. The number of benzene rings is 1. The molecule has 0 spiro atoms. The first-order chi connectivity index (χ1) is 12.7. The molecule has 1 aromatic rings. The molecule has 1 aliphatic heterocycles. The molecule has 134 valence electrons. The lowest BCUT2D eigenvalue weighted by molar-refractivity contribution is -0.122. The molecule has 2 bridgehead atoms. The second kappa shape index (κ2) is 5.83. The van der Waals surface area contributed by atoms with E-state index in [1.165, 1.54) is 35.3 Å². The molecule has 4 aliphatic rings. The third-order valence-corrected chi connectivity index (χ3v) is 6.59. The largest absolute Gasteiger partial charge is 0.497 e. The van der Waals surface area contributed by atoms with Crippen LogP contribution in [0.1, 0.15) is 32.1 Å². The van der Waals surface area contributed by atoms with E-state index in [0.717, 1.165) is 12.8 Å². The first-order valence-corrected chi connectivity index (χ1v) is 9.62. The van der Waals surface area contributed by atoms with E-state index < -0.39 is 0 Å². The molecule has 2 amide bonds. The third-order valence-electron chi connectivity index (χ3n) is 6.59. The van der Waals surface area contributed by atoms with Crippen LogP contribution in [-0.4, -0.2) is 18.9 Å². The van der Waals surface area contributed by atoms with Crippen LogP contribution in [0.3, 0.4) is 0 Å². The number of hydrogen-bond acceptors (Lipinski definition) is 3. The molecule has 4 atom stereocenters. The van der Waals surface area contributed by atoms with Crippen molar-refractivity contribution >= 4 is 17.5 Å². The highest BCUT2D eigenvalue weighted by atomic mass is 16.5. The van der Waals surface area contributed by atoms with Crippen LogP contribution in [0, 0.1) is 23.7 Å². The average Bonchev–Trinajstić information content (AvgIpc) is 3.32. The molecule has 3 fully saturated rings. The van der Waals surface area contributed by atoms with Gasteiger partial charge in [-0.3, -0.25) is 9.59 Å². The zero-order chi connectivity index (χ0) is 17.8. The van der Waals surface area contributed by atoms with Crippen molar-refractivity contribution in [2.45, 2.75) is 32.1 Å². The normalized spacial score (nSPS) is 32.6. The molecule has 1 saturated heterocycles. The predicted molar refractivity (Wildman–Crippen MR) is 98.7 cm³/mol. The van der Waals surface area contributed by atoms with Crippen LogP contribution in [0.2, 0.25) is 0 Å². The minimum absolute atomic E-state index is 0.0426. The Morgan fingerprint density at radius 2 is 1.62 bits per heavy atom. The minimum Gasteiger partial charge on any atom is -0.497 e. The van der Waals surface area contributed by atoms with Crippen molar-refractivity contribution in [3.05, 3.63) is 47.6 Å². The molecule has 4 heteroatoms. The van der Waals surface area contributed by atoms with Crippen molar-refractivity contribution in [1.29, 1.82) is 0 Å². The summed E-state index contributed by atoms with van der Waals surface area (Å²) < 4.78 is 5.26. The van der Waals surface area contributed by atoms with Crippen molar-refractivity contribution in [3.8, 4) is 5.75 Å². The maximum Gasteiger partial charge on any atom is 0.238 e. The number of carbonyl (C=O) groups is 2. The van der Waals surface area contributed by atoms with Gasteiger partial charge in [-0.05, 0) is 37.8 Å². The number of ether oxygens (including phenoxy) is 1. The van der Waals surface area contributed by atoms with E-state index in [-0.39, 0.29) is 35.5 Å². The highest BCUT2D eigenvalue weighted by molar-refractivity contribution is 6.23. The monoisotopic (exact) mass is 349 g/mol. The Balaban J connectivity index is 1.52. The number of imide groups is 1. The van der Waals surface area contributed by atoms with Gasteiger partial charge in [-0.25, -0.2) is 4.90 Å². The number of rotatable bonds is 2. The van der Waals surface area contributed by atoms with Gasteiger partial charge in [-0.1, -0.05) is 35.8 Å². The van der Waals surface area contributed by atoms with Crippen molar-refractivity contribution in [2.24, 2.45) is 23.7 Å². The third kappa shape index (κ3) is 2.08. The molecule has 26 heavy (non-hydrogen) atoms. The number of methoxy groups -OCH3 is 1. The van der Waals surface area contributed by atoms with Crippen LogP contribution >= 0.6 is 0 Å². The van der Waals surface area contributed by atoms with Crippen LogP contribution in [0.5, 0.6) is 5.75 Å². The summed E-state index contributed by atoms with van der Waals surface area (Å²) in [5, 5.41) is 0. The molecule has 2 saturated carbocycles. The van der Waals surface area contributed by atoms with Crippen LogP contribution in [0.25, 0.3) is 0 Å². The maximum absolute atomic E-state index is 13.2. The Labute approximate surface area is 153 Å². The van der Waals surface area contributed by atoms with E-state index in [9.17, 15) is 9.59 Å². The Kier molecular flexibility index (Phi) is 3.56. The number of anilines is 1. The first-order valence-electron chi connectivity index (χ1n) is 9.62. The molecule has 0 N–H and O–H groups in total. The summed E-state index contributed by atoms with van der Waals surface area (Å²) in [5.74, 6) is 0.404. The summed E-state index contributed by atoms with van der Waals surface area (Å²) >= 11 is 0. The summed E-state index contributed by atoms with van der Waals surface area (Å²) in [4.78, 5) is 27.8. The Morgan fingerprint density at radius 1 is 0.962 bits per heavy atom. The van der Waals surface area contributed by atoms with Crippen molar-refractivity contribution in [2.75, 3.05) is 12.0 Å². The highest BCUT2D eigenvalue weighted by Crippen LogP contribution is 2.58. The lowest BCUT2D eigenvalue weighted by atomic mass is 9.85. The number of hydrogen-bond donors (Lipinski definition) is 0.